The van der Waals surface area contributed by atoms with Gasteiger partial charge in [-0.05, 0) is 41.8 Å². The Morgan fingerprint density at radius 1 is 1.14 bits per heavy atom. The predicted octanol–water partition coefficient (Wildman–Crippen LogP) is 3.66. The number of benzene rings is 2. The van der Waals surface area contributed by atoms with Crippen molar-refractivity contribution in [2.24, 2.45) is 5.84 Å². The van der Waals surface area contributed by atoms with Crippen molar-refractivity contribution in [3.05, 3.63) is 69.2 Å². The highest BCUT2D eigenvalue weighted by molar-refractivity contribution is 9.10. The molecular weight excluding hydrogens is 361 g/mol. The van der Waals surface area contributed by atoms with Crippen LogP contribution in [0.25, 0.3) is 0 Å². The van der Waals surface area contributed by atoms with Gasteiger partial charge < -0.3 is 0 Å². The van der Waals surface area contributed by atoms with Crippen LogP contribution in [0.5, 0.6) is 0 Å². The zero-order chi connectivity index (χ0) is 16.3. The maximum Gasteiger partial charge on any atom is 0.416 e. The van der Waals surface area contributed by atoms with Crippen molar-refractivity contribution in [2.75, 3.05) is 0 Å². The molecule has 116 valence electrons. The Balaban J connectivity index is 2.29. The summed E-state index contributed by atoms with van der Waals surface area (Å²) in [7, 11) is 0. The van der Waals surface area contributed by atoms with Gasteiger partial charge in [-0.1, -0.05) is 34.1 Å². The van der Waals surface area contributed by atoms with E-state index in [2.05, 4.69) is 21.4 Å². The number of carbonyl (C=O) groups excluding carboxylic acids is 1. The van der Waals surface area contributed by atoms with Crippen molar-refractivity contribution in [2.45, 2.75) is 12.6 Å². The van der Waals surface area contributed by atoms with Gasteiger partial charge in [0.05, 0.1) is 5.56 Å². The van der Waals surface area contributed by atoms with Crippen LogP contribution >= 0.6 is 15.9 Å². The first kappa shape index (κ1) is 16.5. The van der Waals surface area contributed by atoms with Crippen molar-refractivity contribution in [3.8, 4) is 0 Å². The lowest BCUT2D eigenvalue weighted by Crippen LogP contribution is -2.30. The molecule has 0 saturated carbocycles. The minimum Gasteiger partial charge on any atom is -0.290 e. The molecule has 0 atom stereocenters. The first-order chi connectivity index (χ1) is 10.3. The maximum absolute atomic E-state index is 12.5. The summed E-state index contributed by atoms with van der Waals surface area (Å²) in [4.78, 5) is 11.8. The second-order valence-electron chi connectivity index (χ2n) is 4.65. The number of halogens is 4. The van der Waals surface area contributed by atoms with Crippen molar-refractivity contribution >= 4 is 21.8 Å². The number of hydrazine groups is 1. The lowest BCUT2D eigenvalue weighted by molar-refractivity contribution is -0.137. The minimum atomic E-state index is -4.36. The summed E-state index contributed by atoms with van der Waals surface area (Å²) < 4.78 is 38.3. The van der Waals surface area contributed by atoms with Crippen LogP contribution in [0.1, 0.15) is 27.0 Å². The van der Waals surface area contributed by atoms with E-state index in [0.29, 0.717) is 27.6 Å². The number of nitrogens with one attached hydrogen (secondary N) is 1. The van der Waals surface area contributed by atoms with Crippen molar-refractivity contribution < 1.29 is 18.0 Å². The summed E-state index contributed by atoms with van der Waals surface area (Å²) in [5.41, 5.74) is 3.07. The van der Waals surface area contributed by atoms with Crippen LogP contribution in [0.2, 0.25) is 0 Å². The standard InChI is InChI=1S/C15H12BrF3N2O/c16-12-6-3-10(13(8-12)14(22)21-20)7-9-1-4-11(5-2-9)15(17,18)19/h1-6,8H,7,20H2,(H,21,22). The summed E-state index contributed by atoms with van der Waals surface area (Å²) in [5, 5.41) is 0. The molecule has 7 heteroatoms. The zero-order valence-corrected chi connectivity index (χ0v) is 12.8. The molecular formula is C15H12BrF3N2O. The van der Waals surface area contributed by atoms with E-state index in [1.807, 2.05) is 0 Å². The molecule has 22 heavy (non-hydrogen) atoms. The number of carbonyl (C=O) groups is 1. The van der Waals surface area contributed by atoms with Crippen LogP contribution in [-0.2, 0) is 12.6 Å². The Bertz CT molecular complexity index is 684. The SMILES string of the molecule is NNC(=O)c1cc(Br)ccc1Cc1ccc(C(F)(F)F)cc1. The maximum atomic E-state index is 12.5. The van der Waals surface area contributed by atoms with E-state index in [-0.39, 0.29) is 0 Å². The number of rotatable bonds is 3. The van der Waals surface area contributed by atoms with Crippen LogP contribution in [-0.4, -0.2) is 5.91 Å². The molecule has 3 N–H and O–H groups in total. The van der Waals surface area contributed by atoms with E-state index < -0.39 is 17.6 Å². The zero-order valence-electron chi connectivity index (χ0n) is 11.2. The highest BCUT2D eigenvalue weighted by atomic mass is 79.9. The smallest absolute Gasteiger partial charge is 0.290 e. The molecule has 0 aliphatic heterocycles. The number of hydrogen-bond acceptors (Lipinski definition) is 2. The van der Waals surface area contributed by atoms with Crippen molar-refractivity contribution in [3.63, 3.8) is 0 Å². The molecule has 0 aliphatic rings. The van der Waals surface area contributed by atoms with E-state index in [1.54, 1.807) is 18.2 Å². The summed E-state index contributed by atoms with van der Waals surface area (Å²) in [6.07, 6.45) is -4.03. The fourth-order valence-corrected chi connectivity index (χ4v) is 2.38. The van der Waals surface area contributed by atoms with Crippen LogP contribution in [0.4, 0.5) is 13.2 Å². The molecule has 0 aliphatic carbocycles. The monoisotopic (exact) mass is 372 g/mol. The van der Waals surface area contributed by atoms with Gasteiger partial charge in [0.1, 0.15) is 0 Å². The minimum absolute atomic E-state index is 0.328. The Hall–Kier alpha value is -1.86. The van der Waals surface area contributed by atoms with Gasteiger partial charge in [-0.25, -0.2) is 5.84 Å². The molecule has 2 aromatic carbocycles. The topological polar surface area (TPSA) is 55.1 Å². The second kappa shape index (κ2) is 6.50. The van der Waals surface area contributed by atoms with Gasteiger partial charge in [-0.3, -0.25) is 10.2 Å². The molecule has 0 aromatic heterocycles. The number of hydrogen-bond donors (Lipinski definition) is 2. The van der Waals surface area contributed by atoms with E-state index in [1.165, 1.54) is 12.1 Å². The number of amides is 1. The molecule has 0 spiro atoms. The summed E-state index contributed by atoms with van der Waals surface area (Å²) in [6.45, 7) is 0. The molecule has 2 rings (SSSR count). The first-order valence-corrected chi connectivity index (χ1v) is 7.06. The van der Waals surface area contributed by atoms with Gasteiger partial charge in [0, 0.05) is 10.0 Å². The van der Waals surface area contributed by atoms with Crippen LogP contribution in [0.3, 0.4) is 0 Å². The van der Waals surface area contributed by atoms with Gasteiger partial charge in [-0.15, -0.1) is 0 Å². The van der Waals surface area contributed by atoms with Crippen LogP contribution in [0.15, 0.2) is 46.9 Å². The third-order valence-corrected chi connectivity index (χ3v) is 3.62. The Labute approximate surface area is 133 Å². The average molecular weight is 373 g/mol. The van der Waals surface area contributed by atoms with E-state index in [4.69, 9.17) is 5.84 Å². The Morgan fingerprint density at radius 3 is 2.32 bits per heavy atom. The summed E-state index contributed by atoms with van der Waals surface area (Å²) in [6, 6.07) is 9.94. The fourth-order valence-electron chi connectivity index (χ4n) is 2.02. The van der Waals surface area contributed by atoms with Gasteiger partial charge >= 0.3 is 6.18 Å². The Kier molecular flexibility index (Phi) is 4.87. The highest BCUT2D eigenvalue weighted by Crippen LogP contribution is 2.29. The van der Waals surface area contributed by atoms with E-state index >= 15 is 0 Å². The van der Waals surface area contributed by atoms with Crippen LogP contribution in [0, 0.1) is 0 Å². The fraction of sp³-hybridized carbons (Fsp3) is 0.133. The quantitative estimate of drug-likeness (QED) is 0.490. The summed E-state index contributed by atoms with van der Waals surface area (Å²) in [5.74, 6) is 4.69. The largest absolute Gasteiger partial charge is 0.416 e. The lowest BCUT2D eigenvalue weighted by Gasteiger charge is -2.11. The molecule has 0 saturated heterocycles. The third kappa shape index (κ3) is 3.86. The van der Waals surface area contributed by atoms with E-state index in [0.717, 1.165) is 12.1 Å². The second-order valence-corrected chi connectivity index (χ2v) is 5.56. The molecule has 2 aromatic rings. The average Bonchev–Trinajstić information content (AvgIpc) is 2.48. The van der Waals surface area contributed by atoms with E-state index in [9.17, 15) is 18.0 Å². The molecule has 0 radical (unpaired) electrons. The van der Waals surface area contributed by atoms with Gasteiger partial charge in [-0.2, -0.15) is 13.2 Å². The molecule has 1 amide bonds. The van der Waals surface area contributed by atoms with Gasteiger partial charge in [0.15, 0.2) is 0 Å². The number of nitrogen functional groups attached to an aromatic ring is 1. The Morgan fingerprint density at radius 2 is 1.77 bits per heavy atom. The third-order valence-electron chi connectivity index (χ3n) is 3.12. The van der Waals surface area contributed by atoms with Gasteiger partial charge in [0.2, 0.25) is 0 Å². The highest BCUT2D eigenvalue weighted by Gasteiger charge is 2.29. The van der Waals surface area contributed by atoms with Crippen LogP contribution < -0.4 is 11.3 Å². The number of alkyl halides is 3. The molecule has 0 heterocycles. The molecule has 0 unspecified atom stereocenters. The molecule has 3 nitrogen and oxygen atoms in total. The normalized spacial score (nSPS) is 11.3. The molecule has 0 fully saturated rings. The van der Waals surface area contributed by atoms with Gasteiger partial charge in [0.25, 0.3) is 5.91 Å². The van der Waals surface area contributed by atoms with Crippen molar-refractivity contribution in [1.29, 1.82) is 0 Å². The lowest BCUT2D eigenvalue weighted by atomic mass is 9.98. The van der Waals surface area contributed by atoms with Crippen molar-refractivity contribution in [1.82, 2.24) is 5.43 Å². The molecule has 0 bridgehead atoms. The predicted molar refractivity (Wildman–Crippen MR) is 80.0 cm³/mol. The number of nitrogens with two attached hydrogens (primary N) is 1. The summed E-state index contributed by atoms with van der Waals surface area (Å²) >= 11 is 3.26. The first-order valence-electron chi connectivity index (χ1n) is 6.27.